The molecule has 5 nitrogen and oxygen atoms in total. The number of rotatable bonds is 2. The molecule has 0 aromatic carbocycles. The summed E-state index contributed by atoms with van der Waals surface area (Å²) in [6.45, 7) is 0. The van der Waals surface area contributed by atoms with E-state index in [2.05, 4.69) is 4.98 Å². The van der Waals surface area contributed by atoms with E-state index in [1.807, 2.05) is 0 Å². The Morgan fingerprint density at radius 2 is 2.36 bits per heavy atom. The number of anilines is 1. The standard InChI is InChI=1S/C8H10N2O3S/c9-7-10-3-5(14-7)8(13)1-4(2-8)6(11)12/h3-4,13H,1-2H2,(H2,9,10)(H,11,12). The van der Waals surface area contributed by atoms with Crippen LogP contribution in [0.25, 0.3) is 0 Å². The van der Waals surface area contributed by atoms with E-state index in [0.29, 0.717) is 10.0 Å². The van der Waals surface area contributed by atoms with Crippen molar-refractivity contribution in [2.45, 2.75) is 18.4 Å². The average Bonchev–Trinajstić information content (AvgIpc) is 2.45. The van der Waals surface area contributed by atoms with Crippen LogP contribution in [0.2, 0.25) is 0 Å². The van der Waals surface area contributed by atoms with Crippen molar-refractivity contribution in [3.8, 4) is 0 Å². The Morgan fingerprint density at radius 3 is 2.79 bits per heavy atom. The Morgan fingerprint density at radius 1 is 1.71 bits per heavy atom. The maximum Gasteiger partial charge on any atom is 0.306 e. The lowest BCUT2D eigenvalue weighted by molar-refractivity contribution is -0.159. The first-order chi connectivity index (χ1) is 6.51. The number of nitrogens with zero attached hydrogens (tertiary/aromatic N) is 1. The summed E-state index contributed by atoms with van der Waals surface area (Å²) in [5, 5.41) is 19.0. The number of nitrogen functional groups attached to an aromatic ring is 1. The molecule has 1 aliphatic carbocycles. The average molecular weight is 214 g/mol. The minimum Gasteiger partial charge on any atom is -0.481 e. The van der Waals surface area contributed by atoms with E-state index in [4.69, 9.17) is 10.8 Å². The van der Waals surface area contributed by atoms with E-state index < -0.39 is 17.5 Å². The summed E-state index contributed by atoms with van der Waals surface area (Å²) in [5.41, 5.74) is 4.41. The van der Waals surface area contributed by atoms with Gasteiger partial charge in [-0.05, 0) is 12.8 Å². The molecule has 0 bridgehead atoms. The van der Waals surface area contributed by atoms with Gasteiger partial charge < -0.3 is 15.9 Å². The van der Waals surface area contributed by atoms with Crippen molar-refractivity contribution in [3.05, 3.63) is 11.1 Å². The molecule has 1 heterocycles. The highest BCUT2D eigenvalue weighted by Crippen LogP contribution is 2.47. The molecule has 1 fully saturated rings. The molecule has 0 aliphatic heterocycles. The second kappa shape index (κ2) is 2.93. The molecule has 1 aromatic rings. The number of carboxylic acid groups (broad SMARTS) is 1. The molecule has 0 spiro atoms. The summed E-state index contributed by atoms with van der Waals surface area (Å²) in [6, 6.07) is 0. The Labute approximate surface area is 84.2 Å². The topological polar surface area (TPSA) is 96.4 Å². The number of thiazole rings is 1. The van der Waals surface area contributed by atoms with Gasteiger partial charge in [-0.2, -0.15) is 0 Å². The Balaban J connectivity index is 2.11. The van der Waals surface area contributed by atoms with Gasteiger partial charge in [-0.3, -0.25) is 4.79 Å². The molecule has 76 valence electrons. The van der Waals surface area contributed by atoms with Crippen molar-refractivity contribution in [1.29, 1.82) is 0 Å². The highest BCUT2D eigenvalue weighted by molar-refractivity contribution is 7.15. The number of aromatic nitrogens is 1. The van der Waals surface area contributed by atoms with Crippen LogP contribution in [-0.4, -0.2) is 21.2 Å². The van der Waals surface area contributed by atoms with Gasteiger partial charge in [0.05, 0.1) is 10.8 Å². The van der Waals surface area contributed by atoms with E-state index >= 15 is 0 Å². The van der Waals surface area contributed by atoms with Gasteiger partial charge in [-0.15, -0.1) is 0 Å². The third-order valence-corrected chi connectivity index (χ3v) is 3.52. The largest absolute Gasteiger partial charge is 0.481 e. The molecule has 0 unspecified atom stereocenters. The number of nitrogens with two attached hydrogens (primary N) is 1. The van der Waals surface area contributed by atoms with E-state index in [-0.39, 0.29) is 12.8 Å². The third kappa shape index (κ3) is 1.36. The number of aliphatic carboxylic acids is 1. The fourth-order valence-electron chi connectivity index (χ4n) is 1.63. The highest BCUT2D eigenvalue weighted by atomic mass is 32.1. The maximum absolute atomic E-state index is 10.6. The summed E-state index contributed by atoms with van der Waals surface area (Å²) < 4.78 is 0. The van der Waals surface area contributed by atoms with Gasteiger partial charge in [0.25, 0.3) is 0 Å². The Hall–Kier alpha value is -1.14. The summed E-state index contributed by atoms with van der Waals surface area (Å²) in [6.07, 6.45) is 2.02. The van der Waals surface area contributed by atoms with E-state index in [0.717, 1.165) is 0 Å². The van der Waals surface area contributed by atoms with Gasteiger partial charge in [0.1, 0.15) is 5.60 Å². The first kappa shape index (κ1) is 9.42. The maximum atomic E-state index is 10.6. The van der Waals surface area contributed by atoms with Gasteiger partial charge in [0.2, 0.25) is 0 Å². The van der Waals surface area contributed by atoms with Gasteiger partial charge in [0, 0.05) is 6.20 Å². The summed E-state index contributed by atoms with van der Waals surface area (Å²) >= 11 is 1.21. The first-order valence-corrected chi connectivity index (χ1v) is 5.00. The monoisotopic (exact) mass is 214 g/mol. The van der Waals surface area contributed by atoms with Crippen LogP contribution in [0, 0.1) is 5.92 Å². The number of hydrogen-bond acceptors (Lipinski definition) is 5. The van der Waals surface area contributed by atoms with Crippen LogP contribution in [0.3, 0.4) is 0 Å². The van der Waals surface area contributed by atoms with Crippen molar-refractivity contribution in [2.24, 2.45) is 5.92 Å². The van der Waals surface area contributed by atoms with Crippen molar-refractivity contribution < 1.29 is 15.0 Å². The van der Waals surface area contributed by atoms with Gasteiger partial charge >= 0.3 is 5.97 Å². The summed E-state index contributed by atoms with van der Waals surface area (Å²) in [4.78, 5) is 15.0. The Bertz CT molecular complexity index is 370. The molecule has 0 atom stereocenters. The first-order valence-electron chi connectivity index (χ1n) is 4.18. The quantitative estimate of drug-likeness (QED) is 0.662. The van der Waals surface area contributed by atoms with Crippen molar-refractivity contribution in [2.75, 3.05) is 5.73 Å². The minimum absolute atomic E-state index is 0.254. The summed E-state index contributed by atoms with van der Waals surface area (Å²) in [7, 11) is 0. The fraction of sp³-hybridized carbons (Fsp3) is 0.500. The zero-order valence-electron chi connectivity index (χ0n) is 7.30. The molecule has 0 saturated heterocycles. The number of carbonyl (C=O) groups is 1. The van der Waals surface area contributed by atoms with Gasteiger partial charge in [-0.25, -0.2) is 4.98 Å². The molecule has 14 heavy (non-hydrogen) atoms. The predicted octanol–water partition coefficient (Wildman–Crippen LogP) is 0.408. The van der Waals surface area contributed by atoms with Crippen molar-refractivity contribution in [3.63, 3.8) is 0 Å². The molecule has 0 radical (unpaired) electrons. The molecule has 1 aliphatic rings. The smallest absolute Gasteiger partial charge is 0.306 e. The molecule has 4 N–H and O–H groups in total. The number of aliphatic hydroxyl groups is 1. The normalized spacial score (nSPS) is 31.1. The van der Waals surface area contributed by atoms with Crippen LogP contribution in [-0.2, 0) is 10.4 Å². The molecule has 6 heteroatoms. The summed E-state index contributed by atoms with van der Waals surface area (Å²) in [5.74, 6) is -1.30. The minimum atomic E-state index is -1.02. The second-order valence-corrected chi connectivity index (χ2v) is 4.60. The zero-order chi connectivity index (χ0) is 10.3. The van der Waals surface area contributed by atoms with E-state index in [9.17, 15) is 9.90 Å². The fourth-order valence-corrected chi connectivity index (χ4v) is 2.43. The second-order valence-electron chi connectivity index (χ2n) is 3.54. The van der Waals surface area contributed by atoms with E-state index in [1.54, 1.807) is 0 Å². The number of hydrogen-bond donors (Lipinski definition) is 3. The van der Waals surface area contributed by atoms with Gasteiger partial charge in [-0.1, -0.05) is 11.3 Å². The highest BCUT2D eigenvalue weighted by Gasteiger charge is 2.48. The molecule has 0 amide bonds. The van der Waals surface area contributed by atoms with Crippen LogP contribution >= 0.6 is 11.3 Å². The van der Waals surface area contributed by atoms with Crippen LogP contribution < -0.4 is 5.73 Å². The van der Waals surface area contributed by atoms with Crippen LogP contribution in [0.15, 0.2) is 6.20 Å². The lowest BCUT2D eigenvalue weighted by Gasteiger charge is -2.40. The van der Waals surface area contributed by atoms with Crippen LogP contribution in [0.1, 0.15) is 17.7 Å². The number of carboxylic acids is 1. The van der Waals surface area contributed by atoms with Crippen molar-refractivity contribution in [1.82, 2.24) is 4.98 Å². The SMILES string of the molecule is Nc1ncc(C2(O)CC(C(=O)O)C2)s1. The van der Waals surface area contributed by atoms with E-state index in [1.165, 1.54) is 17.5 Å². The van der Waals surface area contributed by atoms with Crippen LogP contribution in [0.4, 0.5) is 5.13 Å². The molecular formula is C8H10N2O3S. The zero-order valence-corrected chi connectivity index (χ0v) is 8.12. The van der Waals surface area contributed by atoms with Crippen molar-refractivity contribution >= 4 is 22.4 Å². The molecule has 1 saturated carbocycles. The lowest BCUT2D eigenvalue weighted by atomic mass is 9.70. The molecule has 2 rings (SSSR count). The lowest BCUT2D eigenvalue weighted by Crippen LogP contribution is -2.43. The molecular weight excluding hydrogens is 204 g/mol. The predicted molar refractivity (Wildman–Crippen MR) is 50.8 cm³/mol. The van der Waals surface area contributed by atoms with Gasteiger partial charge in [0.15, 0.2) is 5.13 Å². The Kier molecular flexibility index (Phi) is 1.97. The van der Waals surface area contributed by atoms with Crippen LogP contribution in [0.5, 0.6) is 0 Å². The molecule has 1 aromatic heterocycles. The third-order valence-electron chi connectivity index (χ3n) is 2.50.